The van der Waals surface area contributed by atoms with Crippen LogP contribution in [-0.2, 0) is 0 Å². The monoisotopic (exact) mass is 410 g/mol. The van der Waals surface area contributed by atoms with Gasteiger partial charge < -0.3 is 10.3 Å². The summed E-state index contributed by atoms with van der Waals surface area (Å²) in [6.07, 6.45) is 0. The van der Waals surface area contributed by atoms with Gasteiger partial charge in [0.25, 0.3) is 0 Å². The summed E-state index contributed by atoms with van der Waals surface area (Å²) >= 11 is 8.36. The number of hydrogen-bond acceptors (Lipinski definition) is 3. The average molecular weight is 411 g/mol. The molecule has 0 aliphatic carbocycles. The van der Waals surface area contributed by atoms with E-state index in [1.165, 1.54) is 0 Å². The van der Waals surface area contributed by atoms with Crippen LogP contribution < -0.4 is 5.73 Å². The quantitative estimate of drug-likeness (QED) is 0.594. The fourth-order valence-corrected chi connectivity index (χ4v) is 3.01. The van der Waals surface area contributed by atoms with Gasteiger partial charge in [0.05, 0.1) is 5.56 Å². The maximum absolute atomic E-state index is 6.10. The minimum Gasteiger partial charge on any atom is -0.367 e. The van der Waals surface area contributed by atoms with Crippen molar-refractivity contribution in [2.45, 2.75) is 6.92 Å². The predicted molar refractivity (Wildman–Crippen MR) is 94.3 cm³/mol. The van der Waals surface area contributed by atoms with Crippen molar-refractivity contribution >= 4 is 40.1 Å². The molecular formula is C16H12ClIN2O. The number of hydrogen-bond donors (Lipinski definition) is 1. The Bertz CT molecular complexity index is 814. The number of halogens is 2. The van der Waals surface area contributed by atoms with Gasteiger partial charge >= 0.3 is 0 Å². The molecule has 0 spiro atoms. The highest BCUT2D eigenvalue weighted by Gasteiger charge is 2.19. The molecule has 0 radical (unpaired) electrons. The Hall–Kier alpha value is -1.53. The Labute approximate surface area is 141 Å². The molecule has 0 unspecified atom stereocenters. The van der Waals surface area contributed by atoms with Crippen molar-refractivity contribution in [3.8, 4) is 22.4 Å². The van der Waals surface area contributed by atoms with Crippen LogP contribution in [0, 0.1) is 10.5 Å². The molecule has 0 saturated heterocycles. The lowest BCUT2D eigenvalue weighted by Crippen LogP contribution is -1.90. The summed E-state index contributed by atoms with van der Waals surface area (Å²) in [4.78, 5) is 0. The first-order chi connectivity index (χ1) is 10.1. The summed E-state index contributed by atoms with van der Waals surface area (Å²) in [6, 6.07) is 13.8. The number of rotatable bonds is 2. The number of nitrogen functional groups attached to an aromatic ring is 1. The Morgan fingerprint density at radius 2 is 2.00 bits per heavy atom. The lowest BCUT2D eigenvalue weighted by molar-refractivity contribution is 0.439. The summed E-state index contributed by atoms with van der Waals surface area (Å²) in [6.45, 7) is 2.04. The zero-order chi connectivity index (χ0) is 15.0. The molecule has 1 heterocycles. The molecule has 0 aliphatic heterocycles. The summed E-state index contributed by atoms with van der Waals surface area (Å²) in [5.41, 5.74) is 10.6. The van der Waals surface area contributed by atoms with Gasteiger partial charge in [-0.15, -0.1) is 0 Å². The van der Waals surface area contributed by atoms with Gasteiger partial charge in [-0.1, -0.05) is 46.6 Å². The van der Waals surface area contributed by atoms with Gasteiger partial charge in [0.15, 0.2) is 0 Å². The van der Waals surface area contributed by atoms with Gasteiger partial charge in [-0.2, -0.15) is 0 Å². The molecule has 3 aromatic rings. The zero-order valence-electron chi connectivity index (χ0n) is 11.2. The smallest absolute Gasteiger partial charge is 0.230 e. The van der Waals surface area contributed by atoms with E-state index in [0.29, 0.717) is 16.6 Å². The lowest BCUT2D eigenvalue weighted by Gasteiger charge is -2.06. The van der Waals surface area contributed by atoms with Crippen LogP contribution in [0.4, 0.5) is 5.88 Å². The molecule has 0 bridgehead atoms. The third-order valence-corrected chi connectivity index (χ3v) is 4.38. The van der Waals surface area contributed by atoms with Crippen LogP contribution in [0.2, 0.25) is 5.02 Å². The minimum absolute atomic E-state index is 0.311. The average Bonchev–Trinajstić information content (AvgIpc) is 2.83. The first-order valence-corrected chi connectivity index (χ1v) is 7.79. The van der Waals surface area contributed by atoms with Crippen LogP contribution in [0.25, 0.3) is 22.4 Å². The van der Waals surface area contributed by atoms with E-state index in [4.69, 9.17) is 21.9 Å². The van der Waals surface area contributed by atoms with Crippen LogP contribution in [0.5, 0.6) is 0 Å². The minimum atomic E-state index is 0.311. The molecule has 21 heavy (non-hydrogen) atoms. The number of nitrogens with two attached hydrogens (primary N) is 1. The number of aromatic nitrogens is 1. The number of aryl methyl sites for hydroxylation is 1. The van der Waals surface area contributed by atoms with E-state index in [2.05, 4.69) is 33.8 Å². The fourth-order valence-electron chi connectivity index (χ4n) is 2.25. The Morgan fingerprint density at radius 3 is 2.76 bits per heavy atom. The van der Waals surface area contributed by atoms with Crippen molar-refractivity contribution in [3.63, 3.8) is 0 Å². The highest BCUT2D eigenvalue weighted by atomic mass is 127. The lowest BCUT2D eigenvalue weighted by atomic mass is 9.99. The Balaban J connectivity index is 2.24. The predicted octanol–water partition coefficient (Wildman–Crippen LogP) is 5.16. The number of benzene rings is 2. The summed E-state index contributed by atoms with van der Waals surface area (Å²) in [5, 5.41) is 4.79. The summed E-state index contributed by atoms with van der Waals surface area (Å²) in [7, 11) is 0. The van der Waals surface area contributed by atoms with E-state index < -0.39 is 0 Å². The largest absolute Gasteiger partial charge is 0.367 e. The molecular weight excluding hydrogens is 399 g/mol. The molecule has 0 amide bonds. The van der Waals surface area contributed by atoms with Gasteiger partial charge in [-0.3, -0.25) is 0 Å². The van der Waals surface area contributed by atoms with Crippen LogP contribution in [0.15, 0.2) is 47.0 Å². The van der Waals surface area contributed by atoms with Crippen LogP contribution in [0.3, 0.4) is 0 Å². The van der Waals surface area contributed by atoms with Crippen molar-refractivity contribution in [1.82, 2.24) is 5.16 Å². The number of nitrogens with zero attached hydrogens (tertiary/aromatic N) is 1. The van der Waals surface area contributed by atoms with Gasteiger partial charge in [-0.25, -0.2) is 0 Å². The molecule has 1 aromatic heterocycles. The molecule has 2 N–H and O–H groups in total. The van der Waals surface area contributed by atoms with Crippen LogP contribution in [0.1, 0.15) is 5.56 Å². The maximum Gasteiger partial charge on any atom is 0.230 e. The topological polar surface area (TPSA) is 52.0 Å². The molecule has 2 aromatic carbocycles. The van der Waals surface area contributed by atoms with E-state index in [1.54, 1.807) is 0 Å². The van der Waals surface area contributed by atoms with Crippen molar-refractivity contribution in [2.24, 2.45) is 0 Å². The highest BCUT2D eigenvalue weighted by Crippen LogP contribution is 2.38. The molecule has 3 rings (SSSR count). The van der Waals surface area contributed by atoms with Crippen molar-refractivity contribution in [3.05, 3.63) is 56.6 Å². The van der Waals surface area contributed by atoms with E-state index >= 15 is 0 Å². The molecule has 3 nitrogen and oxygen atoms in total. The van der Waals surface area contributed by atoms with Crippen molar-refractivity contribution in [1.29, 1.82) is 0 Å². The summed E-state index contributed by atoms with van der Waals surface area (Å²) < 4.78 is 6.26. The molecule has 0 atom stereocenters. The fraction of sp³-hybridized carbons (Fsp3) is 0.0625. The Morgan fingerprint density at radius 1 is 1.19 bits per heavy atom. The highest BCUT2D eigenvalue weighted by molar-refractivity contribution is 14.1. The Kier molecular flexibility index (Phi) is 3.91. The van der Waals surface area contributed by atoms with Gasteiger partial charge in [0.2, 0.25) is 5.88 Å². The first kappa shape index (κ1) is 14.4. The molecule has 5 heteroatoms. The normalized spacial score (nSPS) is 10.8. The van der Waals surface area contributed by atoms with Crippen LogP contribution >= 0.6 is 34.2 Å². The third-order valence-electron chi connectivity index (χ3n) is 3.21. The van der Waals surface area contributed by atoms with Gasteiger partial charge in [0, 0.05) is 14.2 Å². The second-order valence-corrected chi connectivity index (χ2v) is 6.36. The third kappa shape index (κ3) is 2.78. The summed E-state index contributed by atoms with van der Waals surface area (Å²) in [5.74, 6) is 0.311. The molecule has 0 fully saturated rings. The molecule has 106 valence electrons. The van der Waals surface area contributed by atoms with Gasteiger partial charge in [0.1, 0.15) is 5.69 Å². The van der Waals surface area contributed by atoms with Crippen LogP contribution in [-0.4, -0.2) is 5.16 Å². The SMILES string of the molecule is Cc1cccc(-c2c(-c3cc(Cl)ccc3I)noc2N)c1. The molecule has 0 saturated carbocycles. The van der Waals surface area contributed by atoms with E-state index in [9.17, 15) is 0 Å². The second-order valence-electron chi connectivity index (χ2n) is 4.76. The molecule has 0 aliphatic rings. The second kappa shape index (κ2) is 5.69. The standard InChI is InChI=1S/C16H12ClIN2O/c1-9-3-2-4-10(7-9)14-15(20-21-16(14)19)12-8-11(17)5-6-13(12)18/h2-8H,19H2,1H3. The van der Waals surface area contributed by atoms with Crippen molar-refractivity contribution in [2.75, 3.05) is 5.73 Å². The van der Waals surface area contributed by atoms with Gasteiger partial charge in [-0.05, 0) is 53.3 Å². The number of anilines is 1. The first-order valence-electron chi connectivity index (χ1n) is 6.34. The zero-order valence-corrected chi connectivity index (χ0v) is 14.1. The van der Waals surface area contributed by atoms with E-state index in [-0.39, 0.29) is 0 Å². The maximum atomic E-state index is 6.10. The van der Waals surface area contributed by atoms with Crippen molar-refractivity contribution < 1.29 is 4.52 Å². The van der Waals surface area contributed by atoms with E-state index in [1.807, 2.05) is 43.3 Å². The van der Waals surface area contributed by atoms with E-state index in [0.717, 1.165) is 25.8 Å².